The third-order valence-electron chi connectivity index (χ3n) is 6.42. The SMILES string of the molecule is CCSCCOC(=O)C1=C(C)NC2=C(C(=O)C[C@@H](c3cccs3)C2)[C@@H]1c1ccc(C)c([N+](=O)[O-])c1. The smallest absolute Gasteiger partial charge is 0.336 e. The molecule has 35 heavy (non-hydrogen) atoms. The predicted molar refractivity (Wildman–Crippen MR) is 139 cm³/mol. The van der Waals surface area contributed by atoms with Crippen molar-refractivity contribution in [2.45, 2.75) is 45.4 Å². The van der Waals surface area contributed by atoms with Crippen LogP contribution in [0.4, 0.5) is 5.69 Å². The Kier molecular flexibility index (Phi) is 7.76. The number of thioether (sulfide) groups is 1. The fraction of sp³-hybridized carbons (Fsp3) is 0.385. The Morgan fingerprint density at radius 3 is 2.77 bits per heavy atom. The van der Waals surface area contributed by atoms with Crippen LogP contribution in [0.5, 0.6) is 0 Å². The molecule has 0 unspecified atom stereocenters. The maximum atomic E-state index is 13.6. The van der Waals surface area contributed by atoms with Gasteiger partial charge in [-0.15, -0.1) is 11.3 Å². The summed E-state index contributed by atoms with van der Waals surface area (Å²) in [6.07, 6.45) is 0.971. The third kappa shape index (κ3) is 5.21. The zero-order chi connectivity index (χ0) is 25.1. The van der Waals surface area contributed by atoms with Gasteiger partial charge in [-0.1, -0.05) is 25.1 Å². The number of ketones is 1. The Hall–Kier alpha value is -2.91. The monoisotopic (exact) mass is 512 g/mol. The zero-order valence-electron chi connectivity index (χ0n) is 20.0. The van der Waals surface area contributed by atoms with Gasteiger partial charge in [0.2, 0.25) is 0 Å². The number of dihydropyridines is 1. The van der Waals surface area contributed by atoms with Gasteiger partial charge in [0.15, 0.2) is 5.78 Å². The first-order valence-corrected chi connectivity index (χ1v) is 13.6. The molecule has 1 aliphatic carbocycles. The van der Waals surface area contributed by atoms with Gasteiger partial charge in [-0.2, -0.15) is 11.8 Å². The van der Waals surface area contributed by atoms with Gasteiger partial charge in [0, 0.05) is 57.5 Å². The number of hydrogen-bond acceptors (Lipinski definition) is 8. The minimum Gasteiger partial charge on any atom is -0.461 e. The van der Waals surface area contributed by atoms with E-state index in [9.17, 15) is 19.7 Å². The number of nitro benzene ring substituents is 1. The van der Waals surface area contributed by atoms with Crippen molar-refractivity contribution in [3.63, 3.8) is 0 Å². The minimum atomic E-state index is -0.714. The topological polar surface area (TPSA) is 98.5 Å². The highest BCUT2D eigenvalue weighted by atomic mass is 32.2. The molecule has 2 atom stereocenters. The van der Waals surface area contributed by atoms with Crippen molar-refractivity contribution < 1.29 is 19.2 Å². The average molecular weight is 513 g/mol. The minimum absolute atomic E-state index is 0.0346. The maximum Gasteiger partial charge on any atom is 0.336 e. The molecule has 1 aromatic heterocycles. The number of carbonyl (C=O) groups excluding carboxylic acids is 2. The molecule has 9 heteroatoms. The van der Waals surface area contributed by atoms with Crippen LogP contribution in [0.2, 0.25) is 0 Å². The normalized spacial score (nSPS) is 19.9. The molecular weight excluding hydrogens is 484 g/mol. The molecule has 0 bridgehead atoms. The Balaban J connectivity index is 1.77. The van der Waals surface area contributed by atoms with E-state index in [1.165, 1.54) is 6.07 Å². The lowest BCUT2D eigenvalue weighted by Gasteiger charge is -2.36. The summed E-state index contributed by atoms with van der Waals surface area (Å²) in [4.78, 5) is 39.2. The summed E-state index contributed by atoms with van der Waals surface area (Å²) in [5.41, 5.74) is 3.29. The summed E-state index contributed by atoms with van der Waals surface area (Å²) in [7, 11) is 0. The van der Waals surface area contributed by atoms with Gasteiger partial charge >= 0.3 is 5.97 Å². The fourth-order valence-electron chi connectivity index (χ4n) is 4.79. The number of aryl methyl sites for hydroxylation is 1. The van der Waals surface area contributed by atoms with Crippen LogP contribution >= 0.6 is 23.1 Å². The highest BCUT2D eigenvalue weighted by Gasteiger charge is 2.42. The number of nitro groups is 1. The first-order chi connectivity index (χ1) is 16.8. The number of esters is 1. The second-order valence-corrected chi connectivity index (χ2v) is 11.0. The van der Waals surface area contributed by atoms with Gasteiger partial charge in [0.1, 0.15) is 6.61 Å². The molecule has 0 amide bonds. The van der Waals surface area contributed by atoms with E-state index in [2.05, 4.69) is 5.32 Å². The summed E-state index contributed by atoms with van der Waals surface area (Å²) in [6, 6.07) is 8.95. The van der Waals surface area contributed by atoms with Gasteiger partial charge in [-0.25, -0.2) is 4.79 Å². The van der Waals surface area contributed by atoms with Crippen LogP contribution in [-0.4, -0.2) is 34.8 Å². The first kappa shape index (κ1) is 25.2. The van der Waals surface area contributed by atoms with Gasteiger partial charge in [0.05, 0.1) is 10.5 Å². The summed E-state index contributed by atoms with van der Waals surface area (Å²) in [6.45, 7) is 5.77. The molecule has 0 radical (unpaired) electrons. The number of Topliss-reactive ketones (excluding diaryl/α,β-unsaturated/α-hetero) is 1. The highest BCUT2D eigenvalue weighted by Crippen LogP contribution is 2.46. The van der Waals surface area contributed by atoms with E-state index in [1.807, 2.05) is 24.4 Å². The summed E-state index contributed by atoms with van der Waals surface area (Å²) < 4.78 is 5.58. The summed E-state index contributed by atoms with van der Waals surface area (Å²) >= 11 is 3.30. The number of allylic oxidation sites excluding steroid dienone is 3. The van der Waals surface area contributed by atoms with Gasteiger partial charge in [-0.05, 0) is 43.0 Å². The average Bonchev–Trinajstić information content (AvgIpc) is 3.36. The van der Waals surface area contributed by atoms with E-state index in [1.54, 1.807) is 49.1 Å². The molecule has 0 saturated heterocycles. The van der Waals surface area contributed by atoms with E-state index < -0.39 is 16.8 Å². The molecule has 0 spiro atoms. The molecule has 7 nitrogen and oxygen atoms in total. The molecule has 1 N–H and O–H groups in total. The van der Waals surface area contributed by atoms with Crippen LogP contribution in [0.15, 0.2) is 58.3 Å². The molecule has 1 aliphatic heterocycles. The number of thiophene rings is 1. The van der Waals surface area contributed by atoms with Gasteiger partial charge < -0.3 is 10.1 Å². The van der Waals surface area contributed by atoms with Crippen molar-refractivity contribution >= 4 is 40.5 Å². The van der Waals surface area contributed by atoms with Crippen molar-refractivity contribution in [1.82, 2.24) is 5.32 Å². The van der Waals surface area contributed by atoms with Gasteiger partial charge in [0.25, 0.3) is 5.69 Å². The van der Waals surface area contributed by atoms with E-state index in [0.29, 0.717) is 46.6 Å². The second-order valence-electron chi connectivity index (χ2n) is 8.67. The van der Waals surface area contributed by atoms with Crippen LogP contribution in [0.3, 0.4) is 0 Å². The van der Waals surface area contributed by atoms with Crippen molar-refractivity contribution in [2.75, 3.05) is 18.1 Å². The molecule has 2 heterocycles. The standard InChI is InChI=1S/C26H28N2O5S2/c1-4-34-11-9-33-26(30)23-16(3)27-19-12-18(22-6-5-10-35-22)14-21(29)25(19)24(23)17-8-7-15(2)20(13-17)28(31)32/h5-8,10,13,18,24,27H,4,9,11-12,14H2,1-3H3/t18-,24+/m0/s1. The fourth-order valence-corrected chi connectivity index (χ4v) is 6.11. The molecule has 4 rings (SSSR count). The number of nitrogens with zero attached hydrogens (tertiary/aromatic N) is 1. The van der Waals surface area contributed by atoms with Crippen LogP contribution in [-0.2, 0) is 14.3 Å². The molecule has 184 valence electrons. The van der Waals surface area contributed by atoms with Crippen LogP contribution in [0, 0.1) is 17.0 Å². The Morgan fingerprint density at radius 1 is 1.29 bits per heavy atom. The van der Waals surface area contributed by atoms with Crippen molar-refractivity contribution in [1.29, 1.82) is 0 Å². The number of benzene rings is 1. The summed E-state index contributed by atoms with van der Waals surface area (Å²) in [5, 5.41) is 17.0. The number of nitrogens with one attached hydrogen (secondary N) is 1. The van der Waals surface area contributed by atoms with E-state index in [0.717, 1.165) is 16.3 Å². The lowest BCUT2D eigenvalue weighted by molar-refractivity contribution is -0.385. The molecule has 2 aromatic rings. The number of rotatable bonds is 8. The highest BCUT2D eigenvalue weighted by molar-refractivity contribution is 7.99. The number of hydrogen-bond donors (Lipinski definition) is 1. The quantitative estimate of drug-likeness (QED) is 0.212. The molecule has 2 aliphatic rings. The van der Waals surface area contributed by atoms with Crippen molar-refractivity contribution in [3.8, 4) is 0 Å². The van der Waals surface area contributed by atoms with Crippen molar-refractivity contribution in [2.24, 2.45) is 0 Å². The number of ether oxygens (including phenoxy) is 1. The molecule has 0 saturated carbocycles. The second kappa shape index (κ2) is 10.8. The number of carbonyl (C=O) groups is 2. The van der Waals surface area contributed by atoms with Crippen molar-refractivity contribution in [3.05, 3.63) is 84.4 Å². The molecule has 1 aromatic carbocycles. The summed E-state index contributed by atoms with van der Waals surface area (Å²) in [5.74, 6) is 0.400. The lowest BCUT2D eigenvalue weighted by Crippen LogP contribution is -2.36. The largest absolute Gasteiger partial charge is 0.461 e. The Morgan fingerprint density at radius 2 is 2.09 bits per heavy atom. The van der Waals surface area contributed by atoms with Crippen LogP contribution < -0.4 is 5.32 Å². The first-order valence-electron chi connectivity index (χ1n) is 11.6. The van der Waals surface area contributed by atoms with E-state index in [4.69, 9.17) is 4.74 Å². The van der Waals surface area contributed by atoms with E-state index >= 15 is 0 Å². The predicted octanol–water partition coefficient (Wildman–Crippen LogP) is 5.62. The van der Waals surface area contributed by atoms with Crippen LogP contribution in [0.1, 0.15) is 54.5 Å². The Bertz CT molecular complexity index is 1220. The van der Waals surface area contributed by atoms with Crippen LogP contribution in [0.25, 0.3) is 0 Å². The van der Waals surface area contributed by atoms with Gasteiger partial charge in [-0.3, -0.25) is 14.9 Å². The third-order valence-corrected chi connectivity index (χ3v) is 8.32. The van der Waals surface area contributed by atoms with E-state index in [-0.39, 0.29) is 24.0 Å². The Labute approximate surface area is 212 Å². The molecule has 0 fully saturated rings. The maximum absolute atomic E-state index is 13.6. The zero-order valence-corrected chi connectivity index (χ0v) is 21.6. The lowest BCUT2D eigenvalue weighted by atomic mass is 9.72. The molecular formula is C26H28N2O5S2.